The van der Waals surface area contributed by atoms with Crippen molar-refractivity contribution in [2.75, 3.05) is 33.4 Å². The number of rotatable bonds is 3. The first-order chi connectivity index (χ1) is 10.1. The molecular weight excluding hydrogens is 315 g/mol. The van der Waals surface area contributed by atoms with Gasteiger partial charge in [-0.15, -0.1) is 0 Å². The smallest absolute Gasteiger partial charge is 0.356 e. The molecule has 5 nitrogen and oxygen atoms in total. The Hall–Kier alpha value is -1.43. The Bertz CT molecular complexity index is 549. The Morgan fingerprint density at radius 3 is 2.38 bits per heavy atom. The van der Waals surface area contributed by atoms with Crippen LogP contribution in [0.5, 0.6) is 0 Å². The maximum Gasteiger partial charge on any atom is 0.356 e. The standard InChI is InChI=1S/C14H16Cl2N2O3/c1-20-14(19)13(18-5-7-21-8-6-18)12(17)11-9(15)3-2-4-10(11)16/h2-4H,5-8,17H2,1H3/b13-12+. The predicted molar refractivity (Wildman–Crippen MR) is 82.0 cm³/mol. The van der Waals surface area contributed by atoms with Gasteiger partial charge in [-0.25, -0.2) is 4.79 Å². The van der Waals surface area contributed by atoms with Gasteiger partial charge in [0.05, 0.1) is 36.1 Å². The summed E-state index contributed by atoms with van der Waals surface area (Å²) in [7, 11) is 1.31. The number of nitrogens with zero attached hydrogens (tertiary/aromatic N) is 1. The number of nitrogens with two attached hydrogens (primary N) is 1. The minimum Gasteiger partial charge on any atom is -0.464 e. The molecule has 0 saturated carbocycles. The normalized spacial score (nSPS) is 16.4. The summed E-state index contributed by atoms with van der Waals surface area (Å²) < 4.78 is 10.1. The molecule has 0 spiro atoms. The van der Waals surface area contributed by atoms with Gasteiger partial charge in [0.15, 0.2) is 0 Å². The average molecular weight is 331 g/mol. The van der Waals surface area contributed by atoms with Crippen LogP contribution in [0.25, 0.3) is 5.70 Å². The van der Waals surface area contributed by atoms with Crippen molar-refractivity contribution < 1.29 is 14.3 Å². The first-order valence-electron chi connectivity index (χ1n) is 6.41. The van der Waals surface area contributed by atoms with Gasteiger partial charge in [-0.3, -0.25) is 0 Å². The van der Waals surface area contributed by atoms with E-state index in [0.717, 1.165) is 0 Å². The van der Waals surface area contributed by atoms with Crippen molar-refractivity contribution in [1.82, 2.24) is 4.90 Å². The zero-order valence-corrected chi connectivity index (χ0v) is 13.1. The molecule has 0 unspecified atom stereocenters. The molecule has 0 bridgehead atoms. The van der Waals surface area contributed by atoms with Crippen molar-refractivity contribution in [3.8, 4) is 0 Å². The summed E-state index contributed by atoms with van der Waals surface area (Å²) >= 11 is 12.3. The van der Waals surface area contributed by atoms with Crippen molar-refractivity contribution in [2.24, 2.45) is 5.73 Å². The Kier molecular flexibility index (Phi) is 5.33. The summed E-state index contributed by atoms with van der Waals surface area (Å²) in [5.41, 5.74) is 7.08. The first kappa shape index (κ1) is 15.9. The summed E-state index contributed by atoms with van der Waals surface area (Å²) in [6.45, 7) is 2.13. The minimum absolute atomic E-state index is 0.208. The van der Waals surface area contributed by atoms with Gasteiger partial charge in [0.2, 0.25) is 0 Å². The van der Waals surface area contributed by atoms with Gasteiger partial charge in [0.1, 0.15) is 5.70 Å². The molecule has 0 amide bonds. The molecular formula is C14H16Cl2N2O3. The quantitative estimate of drug-likeness (QED) is 0.679. The van der Waals surface area contributed by atoms with E-state index in [9.17, 15) is 4.79 Å². The van der Waals surface area contributed by atoms with Crippen LogP contribution < -0.4 is 5.73 Å². The first-order valence-corrected chi connectivity index (χ1v) is 7.17. The highest BCUT2D eigenvalue weighted by molar-refractivity contribution is 6.37. The van der Waals surface area contributed by atoms with Crippen molar-refractivity contribution in [3.05, 3.63) is 39.5 Å². The minimum atomic E-state index is -0.523. The fourth-order valence-electron chi connectivity index (χ4n) is 2.17. The van der Waals surface area contributed by atoms with Crippen LogP contribution >= 0.6 is 23.2 Å². The van der Waals surface area contributed by atoms with E-state index in [-0.39, 0.29) is 11.4 Å². The molecule has 7 heteroatoms. The van der Waals surface area contributed by atoms with Crippen LogP contribution in [0.1, 0.15) is 5.56 Å². The van der Waals surface area contributed by atoms with Gasteiger partial charge in [-0.2, -0.15) is 0 Å². The monoisotopic (exact) mass is 330 g/mol. The topological polar surface area (TPSA) is 64.8 Å². The third-order valence-electron chi connectivity index (χ3n) is 3.19. The lowest BCUT2D eigenvalue weighted by Gasteiger charge is -2.30. The van der Waals surface area contributed by atoms with E-state index in [1.807, 2.05) is 4.90 Å². The molecule has 114 valence electrons. The zero-order chi connectivity index (χ0) is 15.4. The second kappa shape index (κ2) is 7.02. The van der Waals surface area contributed by atoms with E-state index in [1.54, 1.807) is 18.2 Å². The summed E-state index contributed by atoms with van der Waals surface area (Å²) in [4.78, 5) is 13.9. The largest absolute Gasteiger partial charge is 0.464 e. The van der Waals surface area contributed by atoms with E-state index in [4.69, 9.17) is 38.4 Å². The molecule has 1 aliphatic heterocycles. The number of halogens is 2. The number of methoxy groups -OCH3 is 1. The zero-order valence-electron chi connectivity index (χ0n) is 11.6. The number of ether oxygens (including phenoxy) is 2. The number of hydrogen-bond donors (Lipinski definition) is 1. The fraction of sp³-hybridized carbons (Fsp3) is 0.357. The molecule has 1 fully saturated rings. The lowest BCUT2D eigenvalue weighted by Crippen LogP contribution is -2.39. The van der Waals surface area contributed by atoms with E-state index < -0.39 is 5.97 Å². The van der Waals surface area contributed by atoms with Crippen molar-refractivity contribution in [3.63, 3.8) is 0 Å². The Balaban J connectivity index is 2.53. The highest BCUT2D eigenvalue weighted by Gasteiger charge is 2.26. The van der Waals surface area contributed by atoms with Crippen LogP contribution in [0.3, 0.4) is 0 Å². The molecule has 1 saturated heterocycles. The molecule has 2 rings (SSSR count). The summed E-state index contributed by atoms with van der Waals surface area (Å²) in [5.74, 6) is -0.523. The van der Waals surface area contributed by atoms with Crippen molar-refractivity contribution in [2.45, 2.75) is 0 Å². The molecule has 1 heterocycles. The molecule has 0 atom stereocenters. The van der Waals surface area contributed by atoms with Crippen LogP contribution in [-0.4, -0.2) is 44.3 Å². The highest BCUT2D eigenvalue weighted by atomic mass is 35.5. The molecule has 2 N–H and O–H groups in total. The second-order valence-corrected chi connectivity index (χ2v) is 5.26. The van der Waals surface area contributed by atoms with Gasteiger partial charge in [-0.05, 0) is 12.1 Å². The Labute approximate surface area is 133 Å². The number of esters is 1. The van der Waals surface area contributed by atoms with Crippen LogP contribution in [0, 0.1) is 0 Å². The molecule has 0 radical (unpaired) electrons. The molecule has 1 aromatic rings. The lowest BCUT2D eigenvalue weighted by atomic mass is 10.1. The fourth-order valence-corrected chi connectivity index (χ4v) is 2.77. The second-order valence-electron chi connectivity index (χ2n) is 4.45. The van der Waals surface area contributed by atoms with E-state index >= 15 is 0 Å². The van der Waals surface area contributed by atoms with Crippen LogP contribution in [0.2, 0.25) is 10.0 Å². The summed E-state index contributed by atoms with van der Waals surface area (Å²) in [6.07, 6.45) is 0. The maximum absolute atomic E-state index is 12.1. The van der Waals surface area contributed by atoms with Crippen LogP contribution in [-0.2, 0) is 14.3 Å². The molecule has 1 aromatic carbocycles. The van der Waals surface area contributed by atoms with Crippen molar-refractivity contribution in [1.29, 1.82) is 0 Å². The molecule has 0 aliphatic carbocycles. The third-order valence-corrected chi connectivity index (χ3v) is 3.82. The molecule has 21 heavy (non-hydrogen) atoms. The Morgan fingerprint density at radius 2 is 1.86 bits per heavy atom. The van der Waals surface area contributed by atoms with E-state index in [0.29, 0.717) is 41.9 Å². The third kappa shape index (κ3) is 3.43. The van der Waals surface area contributed by atoms with Gasteiger partial charge in [-0.1, -0.05) is 29.3 Å². The number of benzene rings is 1. The van der Waals surface area contributed by atoms with Crippen molar-refractivity contribution >= 4 is 34.9 Å². The molecule has 0 aromatic heterocycles. The van der Waals surface area contributed by atoms with Gasteiger partial charge in [0.25, 0.3) is 0 Å². The van der Waals surface area contributed by atoms with E-state index in [1.165, 1.54) is 7.11 Å². The van der Waals surface area contributed by atoms with E-state index in [2.05, 4.69) is 0 Å². The average Bonchev–Trinajstić information content (AvgIpc) is 2.48. The lowest BCUT2D eigenvalue weighted by molar-refractivity contribution is -0.138. The number of hydrogen-bond acceptors (Lipinski definition) is 5. The molecule has 1 aliphatic rings. The SMILES string of the molecule is COC(=O)/C(=C(\N)c1c(Cl)cccc1Cl)N1CCOCC1. The number of morpholine rings is 1. The summed E-state index contributed by atoms with van der Waals surface area (Å²) in [5, 5.41) is 0.768. The van der Waals surface area contributed by atoms with Gasteiger partial charge in [0, 0.05) is 18.7 Å². The Morgan fingerprint density at radius 1 is 1.29 bits per heavy atom. The number of carbonyl (C=O) groups excluding carboxylic acids is 1. The van der Waals surface area contributed by atoms with Gasteiger partial charge < -0.3 is 20.1 Å². The predicted octanol–water partition coefficient (Wildman–Crippen LogP) is 2.13. The highest BCUT2D eigenvalue weighted by Crippen LogP contribution is 2.31. The summed E-state index contributed by atoms with van der Waals surface area (Å²) in [6, 6.07) is 5.06. The number of carbonyl (C=O) groups is 1. The van der Waals surface area contributed by atoms with Crippen LogP contribution in [0.4, 0.5) is 0 Å². The maximum atomic E-state index is 12.1. The van der Waals surface area contributed by atoms with Gasteiger partial charge >= 0.3 is 5.97 Å². The van der Waals surface area contributed by atoms with Crippen LogP contribution in [0.15, 0.2) is 23.9 Å².